The third-order valence-electron chi connectivity index (χ3n) is 2.77. The van der Waals surface area contributed by atoms with Gasteiger partial charge in [0.1, 0.15) is 5.75 Å². The van der Waals surface area contributed by atoms with Crippen molar-refractivity contribution in [2.75, 3.05) is 14.2 Å². The zero-order valence-electron chi connectivity index (χ0n) is 10.0. The number of carbonyl (C=O) groups excluding carboxylic acids is 3. The Morgan fingerprint density at radius 1 is 1.11 bits per heavy atom. The van der Waals surface area contributed by atoms with Gasteiger partial charge in [-0.05, 0) is 6.07 Å². The monoisotopic (exact) mass is 248 g/mol. The molecule has 2 rings (SSSR count). The summed E-state index contributed by atoms with van der Waals surface area (Å²) in [6.45, 7) is 0.0256. The third kappa shape index (κ3) is 1.81. The van der Waals surface area contributed by atoms with E-state index in [0.717, 1.165) is 9.80 Å². The topological polar surface area (TPSA) is 66.9 Å². The zero-order valence-corrected chi connectivity index (χ0v) is 10.0. The minimum absolute atomic E-state index is 0.0256. The zero-order chi connectivity index (χ0) is 13.3. The molecule has 0 N–H and O–H groups in total. The van der Waals surface area contributed by atoms with E-state index in [1.165, 1.54) is 14.2 Å². The maximum absolute atomic E-state index is 11.7. The summed E-state index contributed by atoms with van der Waals surface area (Å²) < 4.78 is 5.13. The lowest BCUT2D eigenvalue weighted by atomic mass is 10.2. The average molecular weight is 248 g/mol. The average Bonchev–Trinajstić information content (AvgIpc) is 2.57. The third-order valence-corrected chi connectivity index (χ3v) is 2.77. The Morgan fingerprint density at radius 3 is 2.33 bits per heavy atom. The lowest BCUT2D eigenvalue weighted by Gasteiger charge is -2.14. The van der Waals surface area contributed by atoms with Gasteiger partial charge in [0.2, 0.25) is 0 Å². The lowest BCUT2D eigenvalue weighted by Crippen LogP contribution is -2.31. The molecule has 6 heteroatoms. The van der Waals surface area contributed by atoms with Gasteiger partial charge in [0.15, 0.2) is 0 Å². The second kappa shape index (κ2) is 4.48. The van der Waals surface area contributed by atoms with Crippen molar-refractivity contribution in [2.24, 2.45) is 0 Å². The number of hydrogen-bond acceptors (Lipinski definition) is 4. The fourth-order valence-corrected chi connectivity index (χ4v) is 1.76. The van der Waals surface area contributed by atoms with Gasteiger partial charge in [0.05, 0.1) is 13.7 Å². The number of benzene rings is 1. The summed E-state index contributed by atoms with van der Waals surface area (Å²) in [6, 6.07) is 6.41. The van der Waals surface area contributed by atoms with Crippen LogP contribution in [0.1, 0.15) is 5.56 Å². The number of hydrogen-bond donors (Lipinski definition) is 0. The Morgan fingerprint density at radius 2 is 1.78 bits per heavy atom. The van der Waals surface area contributed by atoms with Gasteiger partial charge in [-0.1, -0.05) is 18.2 Å². The van der Waals surface area contributed by atoms with Crippen LogP contribution in [0.25, 0.3) is 0 Å². The van der Waals surface area contributed by atoms with Crippen molar-refractivity contribution in [2.45, 2.75) is 6.54 Å². The van der Waals surface area contributed by atoms with Crippen LogP contribution >= 0.6 is 0 Å². The molecule has 6 nitrogen and oxygen atoms in total. The molecule has 1 aromatic carbocycles. The quantitative estimate of drug-likeness (QED) is 0.581. The molecule has 0 saturated carbocycles. The summed E-state index contributed by atoms with van der Waals surface area (Å²) >= 11 is 0. The van der Waals surface area contributed by atoms with Crippen LogP contribution in [0.3, 0.4) is 0 Å². The summed E-state index contributed by atoms with van der Waals surface area (Å²) in [7, 11) is 2.79. The minimum Gasteiger partial charge on any atom is -0.496 e. The molecule has 0 aromatic heterocycles. The second-order valence-corrected chi connectivity index (χ2v) is 3.85. The summed E-state index contributed by atoms with van der Waals surface area (Å²) in [5, 5.41) is 0. The SMILES string of the molecule is COc1ccccc1CN1C(=O)C(=O)N(C)C1=O. The molecule has 0 radical (unpaired) electrons. The van der Waals surface area contributed by atoms with Crippen LogP contribution in [0.5, 0.6) is 5.75 Å². The molecule has 1 aliphatic heterocycles. The molecule has 1 saturated heterocycles. The number of methoxy groups -OCH3 is 1. The second-order valence-electron chi connectivity index (χ2n) is 3.85. The van der Waals surface area contributed by atoms with Crippen molar-refractivity contribution in [1.29, 1.82) is 0 Å². The minimum atomic E-state index is -0.812. The first-order chi connectivity index (χ1) is 8.56. The Kier molecular flexibility index (Phi) is 3.01. The largest absolute Gasteiger partial charge is 0.496 e. The number of carbonyl (C=O) groups is 3. The predicted octanol–water partition coefficient (Wildman–Crippen LogP) is 0.616. The molecule has 0 aliphatic carbocycles. The highest BCUT2D eigenvalue weighted by molar-refractivity contribution is 6.44. The Labute approximate surface area is 104 Å². The van der Waals surface area contributed by atoms with Crippen molar-refractivity contribution in [3.63, 3.8) is 0 Å². The molecule has 1 fully saturated rings. The van der Waals surface area contributed by atoms with Crippen molar-refractivity contribution in [1.82, 2.24) is 9.80 Å². The number of imide groups is 2. The van der Waals surface area contributed by atoms with Crippen molar-refractivity contribution in [3.05, 3.63) is 29.8 Å². The van der Waals surface area contributed by atoms with E-state index < -0.39 is 17.8 Å². The van der Waals surface area contributed by atoms with Crippen molar-refractivity contribution in [3.8, 4) is 5.75 Å². The highest BCUT2D eigenvalue weighted by atomic mass is 16.5. The number of likely N-dealkylation sites (N-methyl/N-ethyl adjacent to an activating group) is 1. The Hall–Kier alpha value is -2.37. The van der Waals surface area contributed by atoms with Crippen LogP contribution in [-0.4, -0.2) is 41.8 Å². The fraction of sp³-hybridized carbons (Fsp3) is 0.250. The highest BCUT2D eigenvalue weighted by Crippen LogP contribution is 2.21. The van der Waals surface area contributed by atoms with Gasteiger partial charge in [-0.25, -0.2) is 4.79 Å². The summed E-state index contributed by atoms with van der Waals surface area (Å²) in [6.07, 6.45) is 0. The van der Waals surface area contributed by atoms with Gasteiger partial charge in [0, 0.05) is 12.6 Å². The molecule has 0 atom stereocenters. The summed E-state index contributed by atoms with van der Waals surface area (Å²) in [4.78, 5) is 36.4. The van der Waals surface area contributed by atoms with E-state index in [4.69, 9.17) is 4.74 Å². The predicted molar refractivity (Wildman–Crippen MR) is 61.7 cm³/mol. The van der Waals surface area contributed by atoms with E-state index >= 15 is 0 Å². The number of urea groups is 1. The number of ether oxygens (including phenoxy) is 1. The first kappa shape index (κ1) is 12.1. The van der Waals surface area contributed by atoms with E-state index in [0.29, 0.717) is 11.3 Å². The van der Waals surface area contributed by atoms with Crippen LogP contribution in [0.15, 0.2) is 24.3 Å². The normalized spacial score (nSPS) is 15.6. The molecule has 94 valence electrons. The molecule has 1 aliphatic rings. The van der Waals surface area contributed by atoms with Crippen molar-refractivity contribution < 1.29 is 19.1 Å². The molecule has 18 heavy (non-hydrogen) atoms. The van der Waals surface area contributed by atoms with Gasteiger partial charge in [0.25, 0.3) is 0 Å². The van der Waals surface area contributed by atoms with Gasteiger partial charge in [-0.2, -0.15) is 0 Å². The summed E-state index contributed by atoms with van der Waals surface area (Å²) in [5.74, 6) is -1.05. The lowest BCUT2D eigenvalue weighted by molar-refractivity contribution is -0.143. The van der Waals surface area contributed by atoms with E-state index in [1.807, 2.05) is 0 Å². The smallest absolute Gasteiger partial charge is 0.334 e. The van der Waals surface area contributed by atoms with E-state index in [2.05, 4.69) is 0 Å². The molecule has 1 aromatic rings. The number of nitrogens with zero attached hydrogens (tertiary/aromatic N) is 2. The van der Waals surface area contributed by atoms with Gasteiger partial charge in [-0.15, -0.1) is 0 Å². The molecular formula is C12H12N2O4. The van der Waals surface area contributed by atoms with E-state index in [-0.39, 0.29) is 6.54 Å². The van der Waals surface area contributed by atoms with Gasteiger partial charge >= 0.3 is 17.8 Å². The van der Waals surface area contributed by atoms with Crippen LogP contribution < -0.4 is 4.74 Å². The van der Waals surface area contributed by atoms with E-state index in [9.17, 15) is 14.4 Å². The molecule has 0 bridgehead atoms. The van der Waals surface area contributed by atoms with E-state index in [1.54, 1.807) is 24.3 Å². The van der Waals surface area contributed by atoms with Crippen molar-refractivity contribution >= 4 is 17.8 Å². The molecule has 0 unspecified atom stereocenters. The number of amides is 4. The Bertz CT molecular complexity index is 527. The number of rotatable bonds is 3. The Balaban J connectivity index is 2.27. The molecule has 4 amide bonds. The van der Waals surface area contributed by atoms with Crippen LogP contribution in [0.2, 0.25) is 0 Å². The standard InChI is InChI=1S/C12H12N2O4/c1-13-10(15)11(16)14(12(13)17)7-8-5-3-4-6-9(8)18-2/h3-6H,7H2,1-2H3. The first-order valence-electron chi connectivity index (χ1n) is 5.31. The summed E-state index contributed by atoms with van der Waals surface area (Å²) in [5.41, 5.74) is 0.671. The number of para-hydroxylation sites is 1. The maximum Gasteiger partial charge on any atom is 0.334 e. The molecular weight excluding hydrogens is 236 g/mol. The fourth-order valence-electron chi connectivity index (χ4n) is 1.76. The van der Waals surface area contributed by atoms with Gasteiger partial charge < -0.3 is 4.74 Å². The maximum atomic E-state index is 11.7. The molecule has 1 heterocycles. The van der Waals surface area contributed by atoms with Gasteiger partial charge in [-0.3, -0.25) is 19.4 Å². The van der Waals surface area contributed by atoms with Crippen LogP contribution in [0, 0.1) is 0 Å². The first-order valence-corrected chi connectivity index (χ1v) is 5.31. The van der Waals surface area contributed by atoms with Crippen LogP contribution in [0.4, 0.5) is 4.79 Å². The molecule has 0 spiro atoms. The van der Waals surface area contributed by atoms with Crippen LogP contribution in [-0.2, 0) is 16.1 Å². The highest BCUT2D eigenvalue weighted by Gasteiger charge is 2.42.